The second-order valence-corrected chi connectivity index (χ2v) is 3.31. The first-order valence-corrected chi connectivity index (χ1v) is 5.18. The molecule has 0 aliphatic carbocycles. The van der Waals surface area contributed by atoms with Crippen LogP contribution >= 0.6 is 0 Å². The lowest BCUT2D eigenvalue weighted by Gasteiger charge is -2.09. The number of amides is 1. The lowest BCUT2D eigenvalue weighted by molar-refractivity contribution is 0.187. The third kappa shape index (κ3) is 2.98. The van der Waals surface area contributed by atoms with E-state index in [1.807, 2.05) is 18.2 Å². The first-order chi connectivity index (χ1) is 7.21. The molecule has 0 bridgehead atoms. The Morgan fingerprint density at radius 3 is 2.47 bits per heavy atom. The molecule has 0 heterocycles. The Hall–Kier alpha value is -1.51. The third-order valence-corrected chi connectivity index (χ3v) is 2.40. The predicted octanol–water partition coefficient (Wildman–Crippen LogP) is 2.99. The average molecular weight is 207 g/mol. The number of hydrogen-bond donors (Lipinski definition) is 1. The van der Waals surface area contributed by atoms with Gasteiger partial charge in [0, 0.05) is 5.69 Å². The van der Waals surface area contributed by atoms with Gasteiger partial charge in [0.15, 0.2) is 0 Å². The summed E-state index contributed by atoms with van der Waals surface area (Å²) in [6, 6.07) is 5.94. The zero-order valence-corrected chi connectivity index (χ0v) is 9.46. The molecule has 1 N–H and O–H groups in total. The first-order valence-electron chi connectivity index (χ1n) is 5.18. The molecule has 0 radical (unpaired) electrons. The van der Waals surface area contributed by atoms with E-state index in [9.17, 15) is 4.79 Å². The number of benzene rings is 1. The van der Waals surface area contributed by atoms with Crippen LogP contribution in [-0.4, -0.2) is 13.2 Å². The Labute approximate surface area is 90.4 Å². The van der Waals surface area contributed by atoms with E-state index < -0.39 is 6.09 Å². The minimum absolute atomic E-state index is 0.429. The van der Waals surface area contributed by atoms with Gasteiger partial charge in [-0.15, -0.1) is 0 Å². The van der Waals surface area contributed by atoms with Gasteiger partial charge < -0.3 is 4.74 Å². The summed E-state index contributed by atoms with van der Waals surface area (Å²) in [5.41, 5.74) is 3.38. The van der Waals surface area contributed by atoms with Gasteiger partial charge in [0.2, 0.25) is 0 Å². The molecule has 1 aromatic carbocycles. The van der Waals surface area contributed by atoms with Crippen molar-refractivity contribution in [1.82, 2.24) is 0 Å². The number of ether oxygens (including phenoxy) is 1. The van der Waals surface area contributed by atoms with Gasteiger partial charge in [0.25, 0.3) is 0 Å². The lowest BCUT2D eigenvalue weighted by atomic mass is 10.0. The zero-order chi connectivity index (χ0) is 11.3. The number of anilines is 1. The van der Waals surface area contributed by atoms with Crippen molar-refractivity contribution in [2.45, 2.75) is 26.7 Å². The molecule has 0 fully saturated rings. The van der Waals surface area contributed by atoms with Crippen LogP contribution in [0.5, 0.6) is 0 Å². The summed E-state index contributed by atoms with van der Waals surface area (Å²) < 4.78 is 4.53. The Morgan fingerprint density at radius 1 is 1.27 bits per heavy atom. The number of carbonyl (C=O) groups is 1. The van der Waals surface area contributed by atoms with Crippen LogP contribution in [0.2, 0.25) is 0 Å². The van der Waals surface area contributed by atoms with E-state index in [2.05, 4.69) is 23.9 Å². The van der Waals surface area contributed by atoms with Crippen molar-refractivity contribution >= 4 is 11.8 Å². The fourth-order valence-electron chi connectivity index (χ4n) is 1.55. The van der Waals surface area contributed by atoms with Crippen molar-refractivity contribution in [2.24, 2.45) is 0 Å². The summed E-state index contributed by atoms with van der Waals surface area (Å²) in [6.45, 7) is 4.23. The minimum Gasteiger partial charge on any atom is -0.453 e. The number of nitrogens with one attached hydrogen (secondary N) is 1. The maximum Gasteiger partial charge on any atom is 0.411 e. The molecule has 0 aliphatic heterocycles. The standard InChI is InChI=1S/C12H17NO2/c1-4-9-6-7-11(8-10(9)5-2)13-12(14)15-3/h6-8H,4-5H2,1-3H3,(H,13,14). The highest BCUT2D eigenvalue weighted by molar-refractivity contribution is 5.84. The molecule has 0 atom stereocenters. The summed E-state index contributed by atoms with van der Waals surface area (Å²) >= 11 is 0. The van der Waals surface area contributed by atoms with Gasteiger partial charge in [0.1, 0.15) is 0 Å². The van der Waals surface area contributed by atoms with E-state index in [1.165, 1.54) is 18.2 Å². The van der Waals surface area contributed by atoms with Crippen LogP contribution < -0.4 is 5.32 Å². The fourth-order valence-corrected chi connectivity index (χ4v) is 1.55. The maximum absolute atomic E-state index is 11.0. The van der Waals surface area contributed by atoms with E-state index in [0.29, 0.717) is 0 Å². The van der Waals surface area contributed by atoms with E-state index in [-0.39, 0.29) is 0 Å². The number of carbonyl (C=O) groups excluding carboxylic acids is 1. The number of hydrogen-bond acceptors (Lipinski definition) is 2. The summed E-state index contributed by atoms with van der Waals surface area (Å²) in [4.78, 5) is 11.0. The third-order valence-electron chi connectivity index (χ3n) is 2.40. The quantitative estimate of drug-likeness (QED) is 0.827. The lowest BCUT2D eigenvalue weighted by Crippen LogP contribution is -2.11. The van der Waals surface area contributed by atoms with Crippen LogP contribution in [0.3, 0.4) is 0 Å². The van der Waals surface area contributed by atoms with Crippen molar-refractivity contribution in [3.8, 4) is 0 Å². The van der Waals surface area contributed by atoms with Gasteiger partial charge in [-0.2, -0.15) is 0 Å². The molecule has 0 unspecified atom stereocenters. The van der Waals surface area contributed by atoms with Crippen LogP contribution in [0.25, 0.3) is 0 Å². The second-order valence-electron chi connectivity index (χ2n) is 3.31. The van der Waals surface area contributed by atoms with E-state index in [1.54, 1.807) is 0 Å². The summed E-state index contributed by atoms with van der Waals surface area (Å²) in [5.74, 6) is 0. The average Bonchev–Trinajstić information content (AvgIpc) is 2.28. The zero-order valence-electron chi connectivity index (χ0n) is 9.46. The van der Waals surface area contributed by atoms with E-state index >= 15 is 0 Å². The second kappa shape index (κ2) is 5.39. The van der Waals surface area contributed by atoms with E-state index in [0.717, 1.165) is 18.5 Å². The molecule has 1 rings (SSSR count). The fraction of sp³-hybridized carbons (Fsp3) is 0.417. The first kappa shape index (κ1) is 11.6. The van der Waals surface area contributed by atoms with Gasteiger partial charge in [-0.05, 0) is 36.1 Å². The molecule has 15 heavy (non-hydrogen) atoms. The normalized spacial score (nSPS) is 9.80. The molecule has 3 heteroatoms. The molecule has 0 aromatic heterocycles. The molecule has 1 aromatic rings. The van der Waals surface area contributed by atoms with Crippen molar-refractivity contribution in [2.75, 3.05) is 12.4 Å². The Kier molecular flexibility index (Phi) is 4.16. The van der Waals surface area contributed by atoms with Gasteiger partial charge in [-0.25, -0.2) is 4.79 Å². The van der Waals surface area contributed by atoms with Gasteiger partial charge in [-0.3, -0.25) is 5.32 Å². The molecule has 0 saturated carbocycles. The molecule has 0 aliphatic rings. The smallest absolute Gasteiger partial charge is 0.411 e. The molecule has 0 spiro atoms. The van der Waals surface area contributed by atoms with Crippen LogP contribution in [0, 0.1) is 0 Å². The van der Waals surface area contributed by atoms with Crippen molar-refractivity contribution in [1.29, 1.82) is 0 Å². The SMILES string of the molecule is CCc1ccc(NC(=O)OC)cc1CC. The van der Waals surface area contributed by atoms with Crippen LogP contribution in [0.1, 0.15) is 25.0 Å². The largest absolute Gasteiger partial charge is 0.453 e. The van der Waals surface area contributed by atoms with Gasteiger partial charge in [0.05, 0.1) is 7.11 Å². The molecule has 82 valence electrons. The topological polar surface area (TPSA) is 38.3 Å². The number of methoxy groups -OCH3 is 1. The van der Waals surface area contributed by atoms with Gasteiger partial charge in [-0.1, -0.05) is 19.9 Å². The highest BCUT2D eigenvalue weighted by Gasteiger charge is 2.03. The number of rotatable bonds is 3. The number of aryl methyl sites for hydroxylation is 2. The Balaban J connectivity index is 2.88. The monoisotopic (exact) mass is 207 g/mol. The van der Waals surface area contributed by atoms with Crippen LogP contribution in [0.4, 0.5) is 10.5 Å². The summed E-state index contributed by atoms with van der Waals surface area (Å²) in [5, 5.41) is 2.66. The predicted molar refractivity (Wildman–Crippen MR) is 61.2 cm³/mol. The Bertz CT molecular complexity index is 347. The molecular weight excluding hydrogens is 190 g/mol. The van der Waals surface area contributed by atoms with Crippen LogP contribution in [0.15, 0.2) is 18.2 Å². The molecule has 0 saturated heterocycles. The van der Waals surface area contributed by atoms with Crippen molar-refractivity contribution in [3.05, 3.63) is 29.3 Å². The molecule has 3 nitrogen and oxygen atoms in total. The molecule has 1 amide bonds. The summed E-state index contributed by atoms with van der Waals surface area (Å²) in [6.07, 6.45) is 1.56. The van der Waals surface area contributed by atoms with Gasteiger partial charge >= 0.3 is 6.09 Å². The van der Waals surface area contributed by atoms with Crippen LogP contribution in [-0.2, 0) is 17.6 Å². The maximum atomic E-state index is 11.0. The van der Waals surface area contributed by atoms with Crippen molar-refractivity contribution in [3.63, 3.8) is 0 Å². The summed E-state index contributed by atoms with van der Waals surface area (Å²) in [7, 11) is 1.36. The highest BCUT2D eigenvalue weighted by atomic mass is 16.5. The van der Waals surface area contributed by atoms with Crippen molar-refractivity contribution < 1.29 is 9.53 Å². The van der Waals surface area contributed by atoms with E-state index in [4.69, 9.17) is 0 Å². The highest BCUT2D eigenvalue weighted by Crippen LogP contribution is 2.17. The Morgan fingerprint density at radius 2 is 1.93 bits per heavy atom. The minimum atomic E-state index is -0.429. The molecular formula is C12H17NO2.